The minimum Gasteiger partial charge on any atom is -0.478 e. The molecule has 2 rings (SSSR count). The summed E-state index contributed by atoms with van der Waals surface area (Å²) < 4.78 is 0. The van der Waals surface area contributed by atoms with Gasteiger partial charge in [-0.2, -0.15) is 0 Å². The highest BCUT2D eigenvalue weighted by Gasteiger charge is 2.13. The smallest absolute Gasteiger partial charge is 0.340 e. The van der Waals surface area contributed by atoms with Crippen LogP contribution >= 0.6 is 11.8 Å². The lowest BCUT2D eigenvalue weighted by molar-refractivity contribution is 0.0691. The second-order valence-electron chi connectivity index (χ2n) is 3.77. The van der Waals surface area contributed by atoms with Crippen LogP contribution in [0.5, 0.6) is 0 Å². The Morgan fingerprint density at radius 2 is 2.11 bits per heavy atom. The van der Waals surface area contributed by atoms with Gasteiger partial charge in [-0.15, -0.1) is 0 Å². The first-order chi connectivity index (χ1) is 8.56. The first-order valence-corrected chi connectivity index (χ1v) is 6.04. The van der Waals surface area contributed by atoms with Crippen molar-refractivity contribution in [3.63, 3.8) is 0 Å². The molecule has 0 saturated heterocycles. The Kier molecular flexibility index (Phi) is 3.57. The fourth-order valence-electron chi connectivity index (χ4n) is 1.50. The number of aromatic nitrogens is 3. The van der Waals surface area contributed by atoms with Crippen molar-refractivity contribution < 1.29 is 9.90 Å². The molecule has 2 aromatic heterocycles. The van der Waals surface area contributed by atoms with Crippen LogP contribution in [0.3, 0.4) is 0 Å². The number of carboxylic acid groups (broad SMARTS) is 1. The highest BCUT2D eigenvalue weighted by atomic mass is 32.2. The molecule has 1 N–H and O–H groups in total. The molecule has 0 aliphatic heterocycles. The van der Waals surface area contributed by atoms with Crippen molar-refractivity contribution in [1.82, 2.24) is 15.0 Å². The van der Waals surface area contributed by atoms with E-state index in [1.807, 2.05) is 26.0 Å². The van der Waals surface area contributed by atoms with E-state index in [1.54, 1.807) is 0 Å². The zero-order valence-electron chi connectivity index (χ0n) is 9.91. The van der Waals surface area contributed by atoms with Crippen LogP contribution in [-0.2, 0) is 0 Å². The van der Waals surface area contributed by atoms with Crippen LogP contribution in [0, 0.1) is 13.8 Å². The van der Waals surface area contributed by atoms with Gasteiger partial charge in [0.1, 0.15) is 21.9 Å². The molecule has 0 amide bonds. The SMILES string of the molecule is Cc1cc(C)nc(Sc2ncncc2C(=O)O)c1. The number of carbonyl (C=O) groups is 1. The lowest BCUT2D eigenvalue weighted by atomic mass is 10.3. The predicted molar refractivity (Wildman–Crippen MR) is 66.8 cm³/mol. The molecule has 0 saturated carbocycles. The highest BCUT2D eigenvalue weighted by molar-refractivity contribution is 7.99. The zero-order valence-corrected chi connectivity index (χ0v) is 10.7. The average molecular weight is 261 g/mol. The lowest BCUT2D eigenvalue weighted by Crippen LogP contribution is -2.01. The van der Waals surface area contributed by atoms with Crippen LogP contribution in [0.1, 0.15) is 21.6 Å². The van der Waals surface area contributed by atoms with Crippen molar-refractivity contribution in [3.8, 4) is 0 Å². The summed E-state index contributed by atoms with van der Waals surface area (Å²) in [4.78, 5) is 23.1. The second kappa shape index (κ2) is 5.14. The van der Waals surface area contributed by atoms with E-state index in [2.05, 4.69) is 15.0 Å². The molecule has 6 heteroatoms. The van der Waals surface area contributed by atoms with Gasteiger partial charge >= 0.3 is 5.97 Å². The number of hydrogen-bond donors (Lipinski definition) is 1. The Morgan fingerprint density at radius 3 is 2.78 bits per heavy atom. The lowest BCUT2D eigenvalue weighted by Gasteiger charge is -2.05. The molecule has 0 atom stereocenters. The first-order valence-electron chi connectivity index (χ1n) is 5.22. The monoisotopic (exact) mass is 261 g/mol. The fourth-order valence-corrected chi connectivity index (χ4v) is 2.48. The third-order valence-corrected chi connectivity index (χ3v) is 3.12. The Bertz CT molecular complexity index is 581. The van der Waals surface area contributed by atoms with Crippen LogP contribution in [0.25, 0.3) is 0 Å². The first kappa shape index (κ1) is 12.5. The number of hydrogen-bond acceptors (Lipinski definition) is 5. The predicted octanol–water partition coefficient (Wildman–Crippen LogP) is 2.34. The minimum atomic E-state index is -1.04. The molecule has 2 heterocycles. The third kappa shape index (κ3) is 2.84. The van der Waals surface area contributed by atoms with Crippen LogP contribution in [0.2, 0.25) is 0 Å². The molecule has 0 aromatic carbocycles. The van der Waals surface area contributed by atoms with E-state index in [0.29, 0.717) is 5.03 Å². The summed E-state index contributed by atoms with van der Waals surface area (Å²) in [5.74, 6) is -1.04. The van der Waals surface area contributed by atoms with Gasteiger partial charge in [-0.05, 0) is 43.3 Å². The number of rotatable bonds is 3. The summed E-state index contributed by atoms with van der Waals surface area (Å²) in [5.41, 5.74) is 2.06. The molecular formula is C12H11N3O2S. The van der Waals surface area contributed by atoms with Crippen molar-refractivity contribution in [2.75, 3.05) is 0 Å². The Balaban J connectivity index is 2.37. The summed E-state index contributed by atoms with van der Waals surface area (Å²) in [6.07, 6.45) is 2.62. The van der Waals surface area contributed by atoms with E-state index in [1.165, 1.54) is 24.3 Å². The van der Waals surface area contributed by atoms with Crippen molar-refractivity contribution in [2.45, 2.75) is 23.9 Å². The summed E-state index contributed by atoms with van der Waals surface area (Å²) in [6, 6.07) is 3.85. The van der Waals surface area contributed by atoms with E-state index in [-0.39, 0.29) is 5.56 Å². The molecule has 0 spiro atoms. The second-order valence-corrected chi connectivity index (χ2v) is 4.78. The van der Waals surface area contributed by atoms with Gasteiger partial charge in [0.2, 0.25) is 0 Å². The molecular weight excluding hydrogens is 250 g/mol. The third-order valence-electron chi connectivity index (χ3n) is 2.18. The maximum Gasteiger partial charge on any atom is 0.340 e. The molecule has 0 bridgehead atoms. The molecule has 0 aliphatic rings. The fraction of sp³-hybridized carbons (Fsp3) is 0.167. The van der Waals surface area contributed by atoms with E-state index in [4.69, 9.17) is 5.11 Å². The maximum absolute atomic E-state index is 11.0. The summed E-state index contributed by atoms with van der Waals surface area (Å²) in [5, 5.41) is 10.2. The molecule has 2 aromatic rings. The van der Waals surface area contributed by atoms with Crippen LogP contribution in [-0.4, -0.2) is 26.0 Å². The maximum atomic E-state index is 11.0. The largest absolute Gasteiger partial charge is 0.478 e. The van der Waals surface area contributed by atoms with Gasteiger partial charge in [-0.1, -0.05) is 0 Å². The summed E-state index contributed by atoms with van der Waals surface area (Å²) >= 11 is 1.23. The number of pyridine rings is 1. The van der Waals surface area contributed by atoms with Crippen LogP contribution in [0.15, 0.2) is 34.7 Å². The summed E-state index contributed by atoms with van der Waals surface area (Å²) in [7, 11) is 0. The van der Waals surface area contributed by atoms with Gasteiger partial charge in [0.15, 0.2) is 0 Å². The van der Waals surface area contributed by atoms with Gasteiger partial charge < -0.3 is 5.11 Å². The molecule has 0 radical (unpaired) electrons. The highest BCUT2D eigenvalue weighted by Crippen LogP contribution is 2.27. The van der Waals surface area contributed by atoms with E-state index < -0.39 is 5.97 Å². The molecule has 5 nitrogen and oxygen atoms in total. The van der Waals surface area contributed by atoms with Gasteiger partial charge in [0.25, 0.3) is 0 Å². The van der Waals surface area contributed by atoms with Gasteiger partial charge in [0, 0.05) is 11.9 Å². The number of nitrogens with zero attached hydrogens (tertiary/aromatic N) is 3. The minimum absolute atomic E-state index is 0.0865. The number of aryl methyl sites for hydroxylation is 2. The van der Waals surface area contributed by atoms with E-state index >= 15 is 0 Å². The molecule has 0 unspecified atom stereocenters. The Morgan fingerprint density at radius 1 is 1.33 bits per heavy atom. The molecule has 0 fully saturated rings. The molecule has 18 heavy (non-hydrogen) atoms. The van der Waals surface area contributed by atoms with E-state index in [9.17, 15) is 4.79 Å². The molecule has 0 aliphatic carbocycles. The van der Waals surface area contributed by atoms with Gasteiger partial charge in [0.05, 0.1) is 0 Å². The Labute approximate surface area is 108 Å². The average Bonchev–Trinajstić information content (AvgIpc) is 2.27. The topological polar surface area (TPSA) is 76.0 Å². The normalized spacial score (nSPS) is 10.3. The van der Waals surface area contributed by atoms with Gasteiger partial charge in [-0.25, -0.2) is 19.7 Å². The zero-order chi connectivity index (χ0) is 13.1. The number of aromatic carboxylic acids is 1. The quantitative estimate of drug-likeness (QED) is 0.855. The van der Waals surface area contributed by atoms with Crippen LogP contribution < -0.4 is 0 Å². The van der Waals surface area contributed by atoms with Crippen molar-refractivity contribution >= 4 is 17.7 Å². The summed E-state index contributed by atoms with van der Waals surface area (Å²) in [6.45, 7) is 3.87. The Hall–Kier alpha value is -1.95. The van der Waals surface area contributed by atoms with Crippen LogP contribution in [0.4, 0.5) is 0 Å². The van der Waals surface area contributed by atoms with Crippen molar-refractivity contribution in [1.29, 1.82) is 0 Å². The standard InChI is InChI=1S/C12H11N3O2S/c1-7-3-8(2)15-10(4-7)18-11-9(12(16)17)5-13-6-14-11/h3-6H,1-2H3,(H,16,17). The molecule has 92 valence electrons. The van der Waals surface area contributed by atoms with Crippen molar-refractivity contribution in [2.24, 2.45) is 0 Å². The van der Waals surface area contributed by atoms with E-state index in [0.717, 1.165) is 16.3 Å². The van der Waals surface area contributed by atoms with Gasteiger partial charge in [-0.3, -0.25) is 0 Å². The number of carboxylic acids is 1. The van der Waals surface area contributed by atoms with Crippen molar-refractivity contribution in [3.05, 3.63) is 41.5 Å².